The zero-order chi connectivity index (χ0) is 21.0. The van der Waals surface area contributed by atoms with Crippen LogP contribution in [0.2, 0.25) is 0 Å². The zero-order valence-electron chi connectivity index (χ0n) is 16.3. The molecule has 150 valence electrons. The minimum absolute atomic E-state index is 0.0665. The summed E-state index contributed by atoms with van der Waals surface area (Å²) in [5.41, 5.74) is 2.17. The maximum atomic E-state index is 13.7. The van der Waals surface area contributed by atoms with E-state index in [1.807, 2.05) is 39.0 Å². The van der Waals surface area contributed by atoms with Crippen molar-refractivity contribution in [2.24, 2.45) is 0 Å². The Balaban J connectivity index is 2.18. The zero-order valence-corrected chi connectivity index (χ0v) is 16.3. The maximum Gasteiger partial charge on any atom is 0.226 e. The van der Waals surface area contributed by atoms with Gasteiger partial charge >= 0.3 is 0 Å². The number of benzene rings is 2. The second kappa shape index (κ2) is 8.91. The van der Waals surface area contributed by atoms with E-state index in [-0.39, 0.29) is 24.8 Å². The van der Waals surface area contributed by atoms with Gasteiger partial charge in [-0.2, -0.15) is 0 Å². The molecule has 4 nitrogen and oxygen atoms in total. The fourth-order valence-corrected chi connectivity index (χ4v) is 2.99. The number of rotatable bonds is 6. The van der Waals surface area contributed by atoms with Gasteiger partial charge in [-0.25, -0.2) is 13.2 Å². The number of carbonyl (C=O) groups excluding carboxylic acids is 2. The summed E-state index contributed by atoms with van der Waals surface area (Å²) in [6, 6.07) is 7.41. The summed E-state index contributed by atoms with van der Waals surface area (Å²) < 4.78 is 40.0. The van der Waals surface area contributed by atoms with Gasteiger partial charge < -0.3 is 10.2 Å². The summed E-state index contributed by atoms with van der Waals surface area (Å²) >= 11 is 0. The van der Waals surface area contributed by atoms with Gasteiger partial charge in [0, 0.05) is 25.6 Å². The standard InChI is InChI=1S/C21H23F3N2O2/c1-12(2)15-7-5-6-13(3)21(15)26(14(4)27)11-10-18(28)25-17-9-8-16(22)19(23)20(17)24/h5-9,12H,10-11H2,1-4H3,(H,25,28). The molecule has 28 heavy (non-hydrogen) atoms. The van der Waals surface area contributed by atoms with E-state index >= 15 is 0 Å². The lowest BCUT2D eigenvalue weighted by Crippen LogP contribution is -2.33. The molecule has 0 spiro atoms. The summed E-state index contributed by atoms with van der Waals surface area (Å²) in [6.45, 7) is 7.37. The number of nitrogens with zero attached hydrogens (tertiary/aromatic N) is 1. The predicted molar refractivity (Wildman–Crippen MR) is 103 cm³/mol. The van der Waals surface area contributed by atoms with Crippen molar-refractivity contribution in [1.29, 1.82) is 0 Å². The number of carbonyl (C=O) groups is 2. The molecule has 7 heteroatoms. The van der Waals surface area contributed by atoms with Crippen LogP contribution in [0.15, 0.2) is 30.3 Å². The topological polar surface area (TPSA) is 49.4 Å². The molecule has 0 unspecified atom stereocenters. The van der Waals surface area contributed by atoms with Crippen molar-refractivity contribution in [2.75, 3.05) is 16.8 Å². The Hall–Kier alpha value is -2.83. The monoisotopic (exact) mass is 392 g/mol. The number of hydrogen-bond acceptors (Lipinski definition) is 2. The van der Waals surface area contributed by atoms with Crippen LogP contribution in [0.5, 0.6) is 0 Å². The lowest BCUT2D eigenvalue weighted by molar-refractivity contribution is -0.117. The summed E-state index contributed by atoms with van der Waals surface area (Å²) in [5, 5.41) is 2.22. The van der Waals surface area contributed by atoms with Gasteiger partial charge in [-0.1, -0.05) is 32.0 Å². The Kier molecular flexibility index (Phi) is 6.83. The number of nitrogens with one attached hydrogen (secondary N) is 1. The fraction of sp³-hybridized carbons (Fsp3) is 0.333. The molecule has 0 atom stereocenters. The molecule has 0 saturated heterocycles. The Morgan fingerprint density at radius 3 is 2.36 bits per heavy atom. The smallest absolute Gasteiger partial charge is 0.226 e. The quantitative estimate of drug-likeness (QED) is 0.710. The second-order valence-corrected chi connectivity index (χ2v) is 6.86. The van der Waals surface area contributed by atoms with Gasteiger partial charge in [0.25, 0.3) is 0 Å². The van der Waals surface area contributed by atoms with Gasteiger partial charge in [0.05, 0.1) is 5.69 Å². The van der Waals surface area contributed by atoms with E-state index in [0.29, 0.717) is 0 Å². The third-order valence-electron chi connectivity index (χ3n) is 4.41. The van der Waals surface area contributed by atoms with Crippen molar-refractivity contribution < 1.29 is 22.8 Å². The van der Waals surface area contributed by atoms with Crippen LogP contribution in [-0.4, -0.2) is 18.4 Å². The molecule has 0 heterocycles. The average molecular weight is 392 g/mol. The third-order valence-corrected chi connectivity index (χ3v) is 4.41. The van der Waals surface area contributed by atoms with E-state index in [1.165, 1.54) is 11.8 Å². The molecule has 0 aliphatic heterocycles. The summed E-state index contributed by atoms with van der Waals surface area (Å²) in [6.07, 6.45) is -0.135. The third kappa shape index (κ3) is 4.71. The second-order valence-electron chi connectivity index (χ2n) is 6.86. The van der Waals surface area contributed by atoms with E-state index < -0.39 is 29.0 Å². The van der Waals surface area contributed by atoms with Gasteiger partial charge in [-0.3, -0.25) is 9.59 Å². The normalized spacial score (nSPS) is 10.9. The highest BCUT2D eigenvalue weighted by molar-refractivity contribution is 5.96. The number of amides is 2. The number of para-hydroxylation sites is 1. The molecule has 0 aliphatic carbocycles. The summed E-state index contributed by atoms with van der Waals surface area (Å²) in [7, 11) is 0. The van der Waals surface area contributed by atoms with Crippen LogP contribution >= 0.6 is 0 Å². The number of halogens is 3. The van der Waals surface area contributed by atoms with Crippen LogP contribution in [0.3, 0.4) is 0 Å². The van der Waals surface area contributed by atoms with Crippen LogP contribution in [0.4, 0.5) is 24.5 Å². The molecular formula is C21H23F3N2O2. The Morgan fingerprint density at radius 1 is 1.07 bits per heavy atom. The van der Waals surface area contributed by atoms with Crippen LogP contribution in [0, 0.1) is 24.4 Å². The van der Waals surface area contributed by atoms with E-state index in [9.17, 15) is 22.8 Å². The average Bonchev–Trinajstić information content (AvgIpc) is 2.63. The van der Waals surface area contributed by atoms with Crippen LogP contribution in [0.25, 0.3) is 0 Å². The summed E-state index contributed by atoms with van der Waals surface area (Å²) in [4.78, 5) is 25.9. The highest BCUT2D eigenvalue weighted by atomic mass is 19.2. The minimum atomic E-state index is -1.65. The number of hydrogen-bond donors (Lipinski definition) is 1. The van der Waals surface area contributed by atoms with Gasteiger partial charge in [0.1, 0.15) is 0 Å². The molecule has 1 N–H and O–H groups in total. The van der Waals surface area contributed by atoms with Crippen molar-refractivity contribution in [3.63, 3.8) is 0 Å². The highest BCUT2D eigenvalue weighted by Gasteiger charge is 2.21. The lowest BCUT2D eigenvalue weighted by Gasteiger charge is -2.27. The molecule has 0 aromatic heterocycles. The van der Waals surface area contributed by atoms with Gasteiger partial charge in [-0.15, -0.1) is 0 Å². The van der Waals surface area contributed by atoms with Crippen molar-refractivity contribution in [3.8, 4) is 0 Å². The molecule has 2 aromatic carbocycles. The fourth-order valence-electron chi connectivity index (χ4n) is 2.99. The van der Waals surface area contributed by atoms with Crippen LogP contribution in [-0.2, 0) is 9.59 Å². The Bertz CT molecular complexity index is 897. The molecule has 2 rings (SSSR count). The van der Waals surface area contributed by atoms with E-state index in [2.05, 4.69) is 5.32 Å². The minimum Gasteiger partial charge on any atom is -0.323 e. The van der Waals surface area contributed by atoms with E-state index in [4.69, 9.17) is 0 Å². The van der Waals surface area contributed by atoms with Gasteiger partial charge in [-0.05, 0) is 36.1 Å². The SMILES string of the molecule is CC(=O)N(CCC(=O)Nc1ccc(F)c(F)c1F)c1c(C)cccc1C(C)C. The molecule has 0 saturated carbocycles. The highest BCUT2D eigenvalue weighted by Crippen LogP contribution is 2.31. The largest absolute Gasteiger partial charge is 0.323 e. The predicted octanol–water partition coefficient (Wildman–Crippen LogP) is 4.92. The van der Waals surface area contributed by atoms with Crippen molar-refractivity contribution in [2.45, 2.75) is 40.0 Å². The van der Waals surface area contributed by atoms with E-state index in [1.54, 1.807) is 0 Å². The van der Waals surface area contributed by atoms with Crippen molar-refractivity contribution in [3.05, 3.63) is 58.9 Å². The number of aryl methyl sites for hydroxylation is 1. The molecule has 2 aromatic rings. The van der Waals surface area contributed by atoms with Gasteiger partial charge in [0.2, 0.25) is 11.8 Å². The molecular weight excluding hydrogens is 369 g/mol. The lowest BCUT2D eigenvalue weighted by atomic mass is 9.97. The van der Waals surface area contributed by atoms with Crippen LogP contribution < -0.4 is 10.2 Å². The molecule has 0 radical (unpaired) electrons. The van der Waals surface area contributed by atoms with Crippen molar-refractivity contribution >= 4 is 23.2 Å². The first-order valence-corrected chi connectivity index (χ1v) is 8.94. The molecule has 0 aliphatic rings. The van der Waals surface area contributed by atoms with Gasteiger partial charge in [0.15, 0.2) is 17.5 Å². The van der Waals surface area contributed by atoms with Crippen molar-refractivity contribution in [1.82, 2.24) is 0 Å². The first-order valence-electron chi connectivity index (χ1n) is 8.94. The molecule has 2 amide bonds. The van der Waals surface area contributed by atoms with Crippen LogP contribution in [0.1, 0.15) is 44.2 Å². The Morgan fingerprint density at radius 2 is 1.75 bits per heavy atom. The Labute approximate surface area is 162 Å². The first-order chi connectivity index (χ1) is 13.1. The molecule has 0 fully saturated rings. The molecule has 0 bridgehead atoms. The maximum absolute atomic E-state index is 13.7. The number of anilines is 2. The first kappa shape index (κ1) is 21.5. The summed E-state index contributed by atoms with van der Waals surface area (Å²) in [5.74, 6) is -5.12. The van der Waals surface area contributed by atoms with E-state index in [0.717, 1.165) is 28.9 Å².